The Kier molecular flexibility index (Phi) is 4.92. The van der Waals surface area contributed by atoms with Crippen LogP contribution in [-0.4, -0.2) is 0 Å². The van der Waals surface area contributed by atoms with Gasteiger partial charge in [-0.05, 0) is 47.4 Å². The molecule has 0 N–H and O–H groups in total. The van der Waals surface area contributed by atoms with Crippen LogP contribution in [0.25, 0.3) is 11.1 Å². The molecule has 0 bridgehead atoms. The number of aryl methyl sites for hydroxylation is 1. The lowest BCUT2D eigenvalue weighted by molar-refractivity contribution is 0.429. The van der Waals surface area contributed by atoms with Crippen molar-refractivity contribution in [3.8, 4) is 11.1 Å². The molecule has 116 valence electrons. The summed E-state index contributed by atoms with van der Waals surface area (Å²) >= 11 is 0. The van der Waals surface area contributed by atoms with Gasteiger partial charge in [0.2, 0.25) is 0 Å². The quantitative estimate of drug-likeness (QED) is 0.604. The second kappa shape index (κ2) is 7.09. The van der Waals surface area contributed by atoms with Gasteiger partial charge in [0.05, 0.1) is 0 Å². The molecule has 1 aliphatic rings. The van der Waals surface area contributed by atoms with Crippen LogP contribution in [0.3, 0.4) is 0 Å². The molecule has 0 heterocycles. The fraction of sp³-hybridized carbons (Fsp3) is 0.429. The Bertz CT molecular complexity index is 609. The largest absolute Gasteiger partial charge is 0.206 e. The molecule has 0 atom stereocenters. The smallest absolute Gasteiger partial charge is 0.130 e. The summed E-state index contributed by atoms with van der Waals surface area (Å²) in [5.41, 5.74) is 4.12. The van der Waals surface area contributed by atoms with Crippen LogP contribution in [-0.2, 0) is 6.42 Å². The standard InChI is InChI=1S/C21H25F/c1-2-9-18-14-15-19(16-10-5-3-6-11-16)20(21(18)22)17-12-7-4-8-13-17/h3,5-6,10-11,14-15,17H,2,4,7-9,12-13H2,1H3. The molecule has 1 fully saturated rings. The van der Waals surface area contributed by atoms with Crippen molar-refractivity contribution in [2.75, 3.05) is 0 Å². The van der Waals surface area contributed by atoms with E-state index in [-0.39, 0.29) is 5.82 Å². The van der Waals surface area contributed by atoms with E-state index in [1.54, 1.807) is 0 Å². The van der Waals surface area contributed by atoms with Crippen LogP contribution in [0.4, 0.5) is 4.39 Å². The average molecular weight is 296 g/mol. The molecule has 22 heavy (non-hydrogen) atoms. The van der Waals surface area contributed by atoms with Gasteiger partial charge in [-0.1, -0.05) is 75.1 Å². The highest BCUT2D eigenvalue weighted by atomic mass is 19.1. The van der Waals surface area contributed by atoms with E-state index < -0.39 is 0 Å². The predicted octanol–water partition coefficient (Wildman–Crippen LogP) is 6.49. The Hall–Kier alpha value is -1.63. The summed E-state index contributed by atoms with van der Waals surface area (Å²) in [7, 11) is 0. The number of rotatable bonds is 4. The second-order valence-electron chi connectivity index (χ2n) is 6.45. The van der Waals surface area contributed by atoms with Crippen molar-refractivity contribution < 1.29 is 4.39 Å². The summed E-state index contributed by atoms with van der Waals surface area (Å²) in [6, 6.07) is 14.4. The minimum absolute atomic E-state index is 0.0649. The summed E-state index contributed by atoms with van der Waals surface area (Å²) in [6.45, 7) is 2.12. The molecule has 2 aromatic rings. The Labute approximate surface area is 133 Å². The van der Waals surface area contributed by atoms with E-state index in [1.165, 1.54) is 19.3 Å². The lowest BCUT2D eigenvalue weighted by Gasteiger charge is -2.26. The third kappa shape index (κ3) is 3.09. The third-order valence-electron chi connectivity index (χ3n) is 4.88. The minimum atomic E-state index is 0.0649. The molecule has 0 radical (unpaired) electrons. The molecule has 2 aromatic carbocycles. The van der Waals surface area contributed by atoms with Gasteiger partial charge in [0, 0.05) is 0 Å². The molecule has 0 aromatic heterocycles. The zero-order chi connectivity index (χ0) is 15.4. The van der Waals surface area contributed by atoms with Crippen molar-refractivity contribution in [3.63, 3.8) is 0 Å². The molecular weight excluding hydrogens is 271 g/mol. The highest BCUT2D eigenvalue weighted by Crippen LogP contribution is 2.40. The maximum Gasteiger partial charge on any atom is 0.130 e. The Balaban J connectivity index is 2.10. The van der Waals surface area contributed by atoms with Gasteiger partial charge in [-0.15, -0.1) is 0 Å². The van der Waals surface area contributed by atoms with Crippen molar-refractivity contribution in [2.24, 2.45) is 0 Å². The van der Waals surface area contributed by atoms with Gasteiger partial charge in [-0.25, -0.2) is 4.39 Å². The van der Waals surface area contributed by atoms with Gasteiger partial charge in [0.25, 0.3) is 0 Å². The molecule has 1 aliphatic carbocycles. The highest BCUT2D eigenvalue weighted by Gasteiger charge is 2.24. The summed E-state index contributed by atoms with van der Waals surface area (Å²) in [6.07, 6.45) is 7.85. The monoisotopic (exact) mass is 296 g/mol. The maximum absolute atomic E-state index is 15.2. The van der Waals surface area contributed by atoms with Crippen molar-refractivity contribution in [1.82, 2.24) is 0 Å². The zero-order valence-electron chi connectivity index (χ0n) is 13.4. The molecule has 1 saturated carbocycles. The fourth-order valence-electron chi connectivity index (χ4n) is 3.76. The van der Waals surface area contributed by atoms with E-state index >= 15 is 4.39 Å². The lowest BCUT2D eigenvalue weighted by atomic mass is 9.79. The first-order valence-corrected chi connectivity index (χ1v) is 8.68. The minimum Gasteiger partial charge on any atom is -0.206 e. The summed E-state index contributed by atoms with van der Waals surface area (Å²) in [5.74, 6) is 0.455. The third-order valence-corrected chi connectivity index (χ3v) is 4.88. The van der Waals surface area contributed by atoms with Gasteiger partial charge in [-0.2, -0.15) is 0 Å². The lowest BCUT2D eigenvalue weighted by Crippen LogP contribution is -2.10. The SMILES string of the molecule is CCCc1ccc(-c2ccccc2)c(C2CCCCC2)c1F. The van der Waals surface area contributed by atoms with E-state index in [0.717, 1.165) is 47.9 Å². The number of halogens is 1. The molecule has 0 unspecified atom stereocenters. The van der Waals surface area contributed by atoms with Crippen molar-refractivity contribution >= 4 is 0 Å². The van der Waals surface area contributed by atoms with Crippen molar-refractivity contribution in [1.29, 1.82) is 0 Å². The van der Waals surface area contributed by atoms with Gasteiger partial charge < -0.3 is 0 Å². The number of hydrogen-bond acceptors (Lipinski definition) is 0. The second-order valence-corrected chi connectivity index (χ2v) is 6.45. The summed E-state index contributed by atoms with van der Waals surface area (Å²) in [4.78, 5) is 0. The molecule has 0 nitrogen and oxygen atoms in total. The normalized spacial score (nSPS) is 15.9. The predicted molar refractivity (Wildman–Crippen MR) is 91.7 cm³/mol. The Morgan fingerprint density at radius 2 is 1.68 bits per heavy atom. The molecule has 0 aliphatic heterocycles. The first kappa shape index (κ1) is 15.3. The molecule has 0 spiro atoms. The van der Waals surface area contributed by atoms with E-state index in [4.69, 9.17) is 0 Å². The van der Waals surface area contributed by atoms with Gasteiger partial charge >= 0.3 is 0 Å². The van der Waals surface area contributed by atoms with E-state index in [9.17, 15) is 0 Å². The van der Waals surface area contributed by atoms with Crippen molar-refractivity contribution in [3.05, 3.63) is 59.4 Å². The molecule has 1 heteroatoms. The maximum atomic E-state index is 15.2. The molecule has 3 rings (SSSR count). The summed E-state index contributed by atoms with van der Waals surface area (Å²) in [5, 5.41) is 0. The first-order valence-electron chi connectivity index (χ1n) is 8.68. The van der Waals surface area contributed by atoms with E-state index in [1.807, 2.05) is 24.3 Å². The molecular formula is C21H25F. The summed E-state index contributed by atoms with van der Waals surface area (Å²) < 4.78 is 15.2. The van der Waals surface area contributed by atoms with Crippen LogP contribution >= 0.6 is 0 Å². The Morgan fingerprint density at radius 3 is 2.36 bits per heavy atom. The van der Waals surface area contributed by atoms with Gasteiger partial charge in [-0.3, -0.25) is 0 Å². The van der Waals surface area contributed by atoms with Crippen molar-refractivity contribution in [2.45, 2.75) is 57.8 Å². The van der Waals surface area contributed by atoms with Crippen LogP contribution in [0.2, 0.25) is 0 Å². The average Bonchev–Trinajstić information content (AvgIpc) is 2.58. The molecule has 0 saturated heterocycles. The highest BCUT2D eigenvalue weighted by molar-refractivity contribution is 5.69. The first-order chi connectivity index (χ1) is 10.8. The van der Waals surface area contributed by atoms with E-state index in [0.29, 0.717) is 5.92 Å². The van der Waals surface area contributed by atoms with Crippen LogP contribution in [0.5, 0.6) is 0 Å². The van der Waals surface area contributed by atoms with Gasteiger partial charge in [0.1, 0.15) is 5.82 Å². The molecule has 0 amide bonds. The topological polar surface area (TPSA) is 0 Å². The van der Waals surface area contributed by atoms with Crippen LogP contribution in [0.15, 0.2) is 42.5 Å². The van der Waals surface area contributed by atoms with Gasteiger partial charge in [0.15, 0.2) is 0 Å². The van der Waals surface area contributed by atoms with Crippen LogP contribution in [0.1, 0.15) is 62.5 Å². The van der Waals surface area contributed by atoms with Crippen LogP contribution in [0, 0.1) is 5.82 Å². The van der Waals surface area contributed by atoms with E-state index in [2.05, 4.69) is 25.1 Å². The number of benzene rings is 2. The fourth-order valence-corrected chi connectivity index (χ4v) is 3.76. The number of hydrogen-bond donors (Lipinski definition) is 0. The van der Waals surface area contributed by atoms with Crippen LogP contribution < -0.4 is 0 Å². The zero-order valence-corrected chi connectivity index (χ0v) is 13.4. The Morgan fingerprint density at radius 1 is 0.955 bits per heavy atom.